The van der Waals surface area contributed by atoms with Gasteiger partial charge in [-0.3, -0.25) is 0 Å². The second kappa shape index (κ2) is 83.4. The molecule has 0 aromatic carbocycles. The molecule has 405 valence electrons. The maximum absolute atomic E-state index is 7.57. The van der Waals surface area contributed by atoms with Crippen molar-refractivity contribution in [2.45, 2.75) is 357 Å². The molecule has 67 heavy (non-hydrogen) atoms. The molecule has 5 heteroatoms. The Labute approximate surface area is 442 Å². The van der Waals surface area contributed by atoms with Crippen molar-refractivity contribution in [3.05, 3.63) is 16.0 Å². The Morgan fingerprint density at radius 3 is 0.373 bits per heavy atom. The van der Waals surface area contributed by atoms with Gasteiger partial charge in [0.05, 0.1) is 0 Å². The summed E-state index contributed by atoms with van der Waals surface area (Å²) in [7, 11) is 0. The van der Waals surface area contributed by atoms with E-state index in [1.54, 1.807) is 6.92 Å². The minimum Gasteiger partial charge on any atom is -0.662 e. The average molecular weight is 984 g/mol. The van der Waals surface area contributed by atoms with Crippen molar-refractivity contribution < 1.29 is 26.8 Å². The zero-order chi connectivity index (χ0) is 49.0. The number of hydrogen-bond donors (Lipinski definition) is 1. The first-order valence-electron chi connectivity index (χ1n) is 31.2. The predicted molar refractivity (Wildman–Crippen MR) is 308 cm³/mol. The molecule has 0 rings (SSSR count). The molecule has 0 amide bonds. The van der Waals surface area contributed by atoms with Crippen molar-refractivity contribution in [3.63, 3.8) is 0 Å². The summed E-state index contributed by atoms with van der Waals surface area (Å²) >= 11 is 0. The molecule has 0 aliphatic carbocycles. The Morgan fingerprint density at radius 2 is 0.269 bits per heavy atom. The van der Waals surface area contributed by atoms with Crippen LogP contribution < -0.4 is 0 Å². The van der Waals surface area contributed by atoms with E-state index in [9.17, 15) is 0 Å². The van der Waals surface area contributed by atoms with Gasteiger partial charge < -0.3 is 21.1 Å². The maximum Gasteiger partial charge on any atom is 3.00 e. The number of rotatable bonds is 54. The van der Waals surface area contributed by atoms with Crippen molar-refractivity contribution in [2.75, 3.05) is 45.9 Å². The smallest absolute Gasteiger partial charge is 0.662 e. The Morgan fingerprint density at radius 1 is 0.179 bits per heavy atom. The molecular weight excluding hydrogens is 851 g/mol. The van der Waals surface area contributed by atoms with E-state index >= 15 is 0 Å². The van der Waals surface area contributed by atoms with Crippen LogP contribution in [0.3, 0.4) is 0 Å². The van der Waals surface area contributed by atoms with E-state index in [1.165, 1.54) is 308 Å². The van der Waals surface area contributed by atoms with E-state index in [1.807, 2.05) is 0 Å². The Balaban J connectivity index is -0.000000276. The number of unbranched alkanes of at least 4 members (excludes halogenated alkanes) is 42. The standard InChI is InChI=1S/3C20H42N.C2H6O.Ti/c3*1-3-5-7-9-11-13-15-17-19-21-20-18-16-14-12-10-8-6-4-2;1-2-3;/h3*3-20H2,1-2H3;3H,2H2,1H3;/q3*-1;;+3. The second-order valence-corrected chi connectivity index (χ2v) is 20.2. The molecular formula is C62H132N3OTi. The van der Waals surface area contributed by atoms with Gasteiger partial charge in [0.15, 0.2) is 0 Å². The van der Waals surface area contributed by atoms with Crippen LogP contribution in [-0.2, 0) is 21.7 Å². The minimum absolute atomic E-state index is 0. The number of aliphatic hydroxyl groups is 1. The monoisotopic (exact) mass is 983 g/mol. The summed E-state index contributed by atoms with van der Waals surface area (Å²) in [5.74, 6) is 0. The van der Waals surface area contributed by atoms with Gasteiger partial charge in [-0.1, -0.05) is 350 Å². The fourth-order valence-electron chi connectivity index (χ4n) is 8.48. The molecule has 0 bridgehead atoms. The molecule has 0 unspecified atom stereocenters. The van der Waals surface area contributed by atoms with Crippen LogP contribution >= 0.6 is 0 Å². The minimum atomic E-state index is 0. The largest absolute Gasteiger partial charge is 3.00 e. The van der Waals surface area contributed by atoms with Crippen molar-refractivity contribution in [1.82, 2.24) is 0 Å². The van der Waals surface area contributed by atoms with Crippen LogP contribution in [0.25, 0.3) is 16.0 Å². The fraction of sp³-hybridized carbons (Fsp3) is 1.00. The van der Waals surface area contributed by atoms with Crippen LogP contribution in [0.2, 0.25) is 0 Å². The van der Waals surface area contributed by atoms with E-state index in [2.05, 4.69) is 57.5 Å². The van der Waals surface area contributed by atoms with Gasteiger partial charge in [-0.25, -0.2) is 0 Å². The third-order valence-electron chi connectivity index (χ3n) is 13.0. The molecule has 4 nitrogen and oxygen atoms in total. The SMILES string of the molecule is CCCCCCCCCC[N-]CCCCCCCCCC.CCCCCCCCCC[N-]CCCCCCCCCC.CCCCCCCCCC[N-]CCCCCCCCCC.CCO.[Ti+3]. The fourth-order valence-corrected chi connectivity index (χ4v) is 8.48. The van der Waals surface area contributed by atoms with Gasteiger partial charge >= 0.3 is 21.7 Å². The van der Waals surface area contributed by atoms with Crippen LogP contribution in [0, 0.1) is 0 Å². The first-order chi connectivity index (χ1) is 32.7. The zero-order valence-electron chi connectivity index (χ0n) is 48.2. The topological polar surface area (TPSA) is 62.5 Å². The molecule has 1 N–H and O–H groups in total. The Kier molecular flexibility index (Phi) is 95.2. The number of hydrogen-bond acceptors (Lipinski definition) is 1. The van der Waals surface area contributed by atoms with Crippen molar-refractivity contribution in [1.29, 1.82) is 0 Å². The first kappa shape index (κ1) is 76.5. The van der Waals surface area contributed by atoms with Crippen LogP contribution in [0.4, 0.5) is 0 Å². The predicted octanol–water partition coefficient (Wildman–Crippen LogP) is 22.9. The summed E-state index contributed by atoms with van der Waals surface area (Å²) < 4.78 is 0. The van der Waals surface area contributed by atoms with Crippen LogP contribution in [0.5, 0.6) is 0 Å². The van der Waals surface area contributed by atoms with Gasteiger partial charge in [-0.15, -0.1) is 39.3 Å². The number of aliphatic hydroxyl groups excluding tert-OH is 1. The van der Waals surface area contributed by atoms with Gasteiger partial charge in [0.25, 0.3) is 0 Å². The van der Waals surface area contributed by atoms with E-state index in [4.69, 9.17) is 5.11 Å². The maximum atomic E-state index is 7.57. The van der Waals surface area contributed by atoms with Crippen LogP contribution in [-0.4, -0.2) is 51.0 Å². The first-order valence-corrected chi connectivity index (χ1v) is 31.2. The summed E-state index contributed by atoms with van der Waals surface area (Å²) in [6.07, 6.45) is 67.6. The van der Waals surface area contributed by atoms with E-state index in [0.29, 0.717) is 0 Å². The van der Waals surface area contributed by atoms with Gasteiger partial charge in [0, 0.05) is 6.61 Å². The van der Waals surface area contributed by atoms with E-state index in [-0.39, 0.29) is 28.3 Å². The van der Waals surface area contributed by atoms with Crippen LogP contribution in [0.15, 0.2) is 0 Å². The van der Waals surface area contributed by atoms with E-state index < -0.39 is 0 Å². The van der Waals surface area contributed by atoms with Gasteiger partial charge in [-0.05, 0) is 6.92 Å². The molecule has 0 fully saturated rings. The van der Waals surface area contributed by atoms with Gasteiger partial charge in [-0.2, -0.15) is 0 Å². The summed E-state index contributed by atoms with van der Waals surface area (Å²) in [6, 6.07) is 0. The Bertz CT molecular complexity index is 568. The van der Waals surface area contributed by atoms with Gasteiger partial charge in [0.1, 0.15) is 0 Å². The molecule has 0 aliphatic rings. The molecule has 0 atom stereocenters. The average Bonchev–Trinajstić information content (AvgIpc) is 3.32. The molecule has 0 saturated heterocycles. The molecule has 0 spiro atoms. The summed E-state index contributed by atoms with van der Waals surface area (Å²) in [5.41, 5.74) is 0. The van der Waals surface area contributed by atoms with E-state index in [0.717, 1.165) is 39.3 Å². The quantitative estimate of drug-likeness (QED) is 0.0479. The van der Waals surface area contributed by atoms with Gasteiger partial charge in [0.2, 0.25) is 0 Å². The molecule has 1 radical (unpaired) electrons. The Hall–Kier alpha value is 0.554. The van der Waals surface area contributed by atoms with Crippen molar-refractivity contribution >= 4 is 0 Å². The summed E-state index contributed by atoms with van der Waals surface area (Å²) in [5, 5.41) is 21.6. The third kappa shape index (κ3) is 93.2. The summed E-state index contributed by atoms with van der Waals surface area (Å²) in [4.78, 5) is 0. The molecule has 0 aliphatic heterocycles. The van der Waals surface area contributed by atoms with Crippen molar-refractivity contribution in [2.24, 2.45) is 0 Å². The normalized spacial score (nSPS) is 10.7. The third-order valence-corrected chi connectivity index (χ3v) is 13.0. The number of nitrogens with zero attached hydrogens (tertiary/aromatic N) is 3. The molecule has 0 saturated carbocycles. The zero-order valence-corrected chi connectivity index (χ0v) is 49.7. The second-order valence-electron chi connectivity index (χ2n) is 20.2. The molecule has 0 aromatic heterocycles. The summed E-state index contributed by atoms with van der Waals surface area (Å²) in [6.45, 7) is 22.3. The molecule has 0 heterocycles. The van der Waals surface area contributed by atoms with Crippen LogP contribution in [0.1, 0.15) is 357 Å². The molecule has 0 aromatic rings. The van der Waals surface area contributed by atoms with Crippen molar-refractivity contribution in [3.8, 4) is 0 Å².